The van der Waals surface area contributed by atoms with E-state index in [1.165, 1.54) is 18.3 Å². The number of carbonyl (C=O) groups is 1. The largest absolute Gasteiger partial charge is 0.478 e. The molecule has 3 aromatic rings. The van der Waals surface area contributed by atoms with Crippen LogP contribution in [0.5, 0.6) is 0 Å². The molecule has 3 aromatic heterocycles. The molecule has 7 nitrogen and oxygen atoms in total. The zero-order valence-corrected chi connectivity index (χ0v) is 12.0. The summed E-state index contributed by atoms with van der Waals surface area (Å²) in [5.74, 6) is -0.555. The van der Waals surface area contributed by atoms with E-state index in [0.29, 0.717) is 23.9 Å². The summed E-state index contributed by atoms with van der Waals surface area (Å²) in [6.07, 6.45) is 6.49. The molecule has 7 heteroatoms. The lowest BCUT2D eigenvalue weighted by molar-refractivity contribution is 0.0697. The summed E-state index contributed by atoms with van der Waals surface area (Å²) >= 11 is 0. The Bertz CT molecular complexity index is 823. The predicted octanol–water partition coefficient (Wildman–Crippen LogP) is 2.24. The van der Waals surface area contributed by atoms with Crippen LogP contribution in [0.2, 0.25) is 0 Å². The molecule has 0 radical (unpaired) electrons. The van der Waals surface area contributed by atoms with E-state index < -0.39 is 5.97 Å². The van der Waals surface area contributed by atoms with Gasteiger partial charge in [0.25, 0.3) is 0 Å². The van der Waals surface area contributed by atoms with Gasteiger partial charge in [-0.25, -0.2) is 14.8 Å². The number of pyridine rings is 2. The number of aromatic nitrogens is 4. The van der Waals surface area contributed by atoms with E-state index in [4.69, 9.17) is 5.11 Å². The molecule has 0 atom stereocenters. The predicted molar refractivity (Wildman–Crippen MR) is 83.8 cm³/mol. The van der Waals surface area contributed by atoms with E-state index in [1.807, 2.05) is 12.1 Å². The molecule has 0 unspecified atom stereocenters. The quantitative estimate of drug-likeness (QED) is 0.745. The molecular weight excluding hydrogens is 294 g/mol. The van der Waals surface area contributed by atoms with Gasteiger partial charge in [0.1, 0.15) is 0 Å². The number of anilines is 1. The highest BCUT2D eigenvalue weighted by atomic mass is 16.4. The van der Waals surface area contributed by atoms with Crippen molar-refractivity contribution < 1.29 is 9.90 Å². The van der Waals surface area contributed by atoms with Crippen LogP contribution in [0.15, 0.2) is 55.1 Å². The first-order valence-electron chi connectivity index (χ1n) is 6.88. The lowest BCUT2D eigenvalue weighted by atomic mass is 10.2. The summed E-state index contributed by atoms with van der Waals surface area (Å²) < 4.78 is 0. The maximum Gasteiger partial charge on any atom is 0.335 e. The van der Waals surface area contributed by atoms with Crippen molar-refractivity contribution in [3.05, 3.63) is 66.2 Å². The summed E-state index contributed by atoms with van der Waals surface area (Å²) in [7, 11) is 0. The van der Waals surface area contributed by atoms with Crippen molar-refractivity contribution >= 4 is 11.9 Å². The number of aromatic carboxylic acids is 1. The second kappa shape index (κ2) is 6.61. The minimum atomic E-state index is -1.00. The monoisotopic (exact) mass is 307 g/mol. The van der Waals surface area contributed by atoms with Crippen molar-refractivity contribution in [2.24, 2.45) is 0 Å². The fraction of sp³-hybridized carbons (Fsp3) is 0.0625. The average Bonchev–Trinajstić information content (AvgIpc) is 2.61. The highest BCUT2D eigenvalue weighted by Crippen LogP contribution is 2.16. The Balaban J connectivity index is 1.80. The van der Waals surface area contributed by atoms with Gasteiger partial charge >= 0.3 is 5.97 Å². The number of rotatable bonds is 5. The van der Waals surface area contributed by atoms with E-state index in [1.54, 1.807) is 24.7 Å². The van der Waals surface area contributed by atoms with Gasteiger partial charge < -0.3 is 10.4 Å². The van der Waals surface area contributed by atoms with Crippen LogP contribution in [-0.4, -0.2) is 31.0 Å². The number of nitrogens with one attached hydrogen (secondary N) is 1. The Hall–Kier alpha value is -3.35. The maximum atomic E-state index is 11.0. The lowest BCUT2D eigenvalue weighted by Crippen LogP contribution is -2.04. The molecule has 3 rings (SSSR count). The van der Waals surface area contributed by atoms with Crippen LogP contribution < -0.4 is 5.32 Å². The first-order chi connectivity index (χ1) is 11.2. The first-order valence-corrected chi connectivity index (χ1v) is 6.88. The van der Waals surface area contributed by atoms with Crippen LogP contribution in [0.4, 0.5) is 5.95 Å². The van der Waals surface area contributed by atoms with Gasteiger partial charge in [-0.05, 0) is 35.9 Å². The van der Waals surface area contributed by atoms with E-state index in [-0.39, 0.29) is 5.56 Å². The van der Waals surface area contributed by atoms with Crippen molar-refractivity contribution in [3.8, 4) is 11.4 Å². The minimum Gasteiger partial charge on any atom is -0.478 e. The molecule has 0 saturated heterocycles. The standard InChI is InChI=1S/C16H13N5O2/c22-15(23)12-3-7-18-14(9-12)13-4-8-19-16(21-13)20-10-11-1-5-17-6-2-11/h1-9H,10H2,(H,22,23)(H,19,20,21). The summed E-state index contributed by atoms with van der Waals surface area (Å²) in [5.41, 5.74) is 2.26. The van der Waals surface area contributed by atoms with E-state index in [0.717, 1.165) is 5.56 Å². The zero-order valence-electron chi connectivity index (χ0n) is 12.0. The Kier molecular flexibility index (Phi) is 4.19. The van der Waals surface area contributed by atoms with Crippen LogP contribution in [0.25, 0.3) is 11.4 Å². The lowest BCUT2D eigenvalue weighted by Gasteiger charge is -2.06. The Morgan fingerprint density at radius 3 is 2.57 bits per heavy atom. The van der Waals surface area contributed by atoms with Crippen LogP contribution in [0.3, 0.4) is 0 Å². The Labute approximate surface area is 132 Å². The van der Waals surface area contributed by atoms with Gasteiger partial charge in [-0.1, -0.05) is 0 Å². The van der Waals surface area contributed by atoms with Crippen LogP contribution in [0.1, 0.15) is 15.9 Å². The van der Waals surface area contributed by atoms with E-state index in [9.17, 15) is 4.79 Å². The van der Waals surface area contributed by atoms with Crippen LogP contribution >= 0.6 is 0 Å². The van der Waals surface area contributed by atoms with Gasteiger partial charge in [0, 0.05) is 31.3 Å². The summed E-state index contributed by atoms with van der Waals surface area (Å²) in [4.78, 5) is 27.7. The normalized spacial score (nSPS) is 10.3. The van der Waals surface area contributed by atoms with Gasteiger partial charge in [-0.15, -0.1) is 0 Å². The molecule has 3 heterocycles. The first kappa shape index (κ1) is 14.6. The summed E-state index contributed by atoms with van der Waals surface area (Å²) in [6.45, 7) is 0.564. The SMILES string of the molecule is O=C(O)c1ccnc(-c2ccnc(NCc3ccncc3)n2)c1. The van der Waals surface area contributed by atoms with Crippen LogP contribution in [0, 0.1) is 0 Å². The van der Waals surface area contributed by atoms with E-state index in [2.05, 4.69) is 25.3 Å². The second-order valence-corrected chi connectivity index (χ2v) is 4.71. The molecule has 2 N–H and O–H groups in total. The topological polar surface area (TPSA) is 101 Å². The smallest absolute Gasteiger partial charge is 0.335 e. The zero-order chi connectivity index (χ0) is 16.1. The molecule has 23 heavy (non-hydrogen) atoms. The van der Waals surface area contributed by atoms with Gasteiger partial charge in [0.05, 0.1) is 17.0 Å². The molecular formula is C16H13N5O2. The van der Waals surface area contributed by atoms with Crippen LogP contribution in [-0.2, 0) is 6.54 Å². The molecule has 0 aromatic carbocycles. The highest BCUT2D eigenvalue weighted by Gasteiger charge is 2.08. The van der Waals surface area contributed by atoms with Crippen molar-refractivity contribution in [1.82, 2.24) is 19.9 Å². The molecule has 0 amide bonds. The molecule has 0 aliphatic carbocycles. The van der Waals surface area contributed by atoms with Gasteiger partial charge in [-0.2, -0.15) is 0 Å². The fourth-order valence-corrected chi connectivity index (χ4v) is 1.97. The number of hydrogen-bond acceptors (Lipinski definition) is 6. The Morgan fingerprint density at radius 1 is 1.00 bits per heavy atom. The Morgan fingerprint density at radius 2 is 1.78 bits per heavy atom. The maximum absolute atomic E-state index is 11.0. The number of carboxylic acid groups (broad SMARTS) is 1. The van der Waals surface area contributed by atoms with Gasteiger partial charge in [0.15, 0.2) is 0 Å². The third kappa shape index (κ3) is 3.65. The molecule has 0 bridgehead atoms. The second-order valence-electron chi connectivity index (χ2n) is 4.71. The van der Waals surface area contributed by atoms with Crippen molar-refractivity contribution in [1.29, 1.82) is 0 Å². The molecule has 0 fully saturated rings. The minimum absolute atomic E-state index is 0.167. The number of hydrogen-bond donors (Lipinski definition) is 2. The molecule has 0 saturated carbocycles. The highest BCUT2D eigenvalue weighted by molar-refractivity contribution is 5.88. The van der Waals surface area contributed by atoms with Crippen molar-refractivity contribution in [2.45, 2.75) is 6.54 Å². The number of carboxylic acids is 1. The average molecular weight is 307 g/mol. The molecule has 114 valence electrons. The van der Waals surface area contributed by atoms with Crippen molar-refractivity contribution in [2.75, 3.05) is 5.32 Å². The molecule has 0 spiro atoms. The number of nitrogens with zero attached hydrogens (tertiary/aromatic N) is 4. The molecule has 0 aliphatic rings. The van der Waals surface area contributed by atoms with Gasteiger partial charge in [-0.3, -0.25) is 9.97 Å². The fourth-order valence-electron chi connectivity index (χ4n) is 1.97. The van der Waals surface area contributed by atoms with Crippen molar-refractivity contribution in [3.63, 3.8) is 0 Å². The van der Waals surface area contributed by atoms with Gasteiger partial charge in [0.2, 0.25) is 5.95 Å². The third-order valence-corrected chi connectivity index (χ3v) is 3.12. The third-order valence-electron chi connectivity index (χ3n) is 3.12. The summed E-state index contributed by atoms with van der Waals surface area (Å²) in [6, 6.07) is 8.40. The summed E-state index contributed by atoms with van der Waals surface area (Å²) in [5, 5.41) is 12.2. The van der Waals surface area contributed by atoms with E-state index >= 15 is 0 Å². The molecule has 0 aliphatic heterocycles.